The van der Waals surface area contributed by atoms with E-state index in [1.807, 2.05) is 0 Å². The van der Waals surface area contributed by atoms with E-state index in [0.717, 1.165) is 17.3 Å². The highest BCUT2D eigenvalue weighted by Gasteiger charge is 2.37. The first kappa shape index (κ1) is 9.34. The van der Waals surface area contributed by atoms with Crippen LogP contribution in [0.15, 0.2) is 0 Å². The van der Waals surface area contributed by atoms with Gasteiger partial charge in [0.25, 0.3) is 0 Å². The number of rotatable bonds is 4. The van der Waals surface area contributed by atoms with Crippen LogP contribution in [0.2, 0.25) is 0 Å². The van der Waals surface area contributed by atoms with Crippen molar-refractivity contribution in [1.82, 2.24) is 0 Å². The number of halogens is 1. The van der Waals surface area contributed by atoms with Crippen LogP contribution < -0.4 is 0 Å². The van der Waals surface area contributed by atoms with E-state index >= 15 is 0 Å². The Hall–Kier alpha value is 0.250. The van der Waals surface area contributed by atoms with Gasteiger partial charge in [0.15, 0.2) is 0 Å². The second kappa shape index (κ2) is 4.32. The Kier molecular flexibility index (Phi) is 3.67. The highest BCUT2D eigenvalue weighted by molar-refractivity contribution is 14.1. The van der Waals surface area contributed by atoms with Gasteiger partial charge in [0.05, 0.1) is 12.2 Å². The van der Waals surface area contributed by atoms with Crippen LogP contribution >= 0.6 is 22.6 Å². The van der Waals surface area contributed by atoms with Gasteiger partial charge in [0.1, 0.15) is 0 Å². The summed E-state index contributed by atoms with van der Waals surface area (Å²) < 4.78 is 6.52. The monoisotopic (exact) mass is 264 g/mol. The Morgan fingerprint density at radius 3 is 2.82 bits per heavy atom. The second-order valence-corrected chi connectivity index (χ2v) is 4.00. The maximum atomic E-state index is 5.41. The van der Waals surface area contributed by atoms with E-state index in [1.54, 1.807) is 0 Å². The summed E-state index contributed by atoms with van der Waals surface area (Å²) in [5.74, 6) is 3.30. The lowest BCUT2D eigenvalue weighted by Gasteiger charge is -2.02. The number of ether oxygens (including phenoxy) is 1. The zero-order chi connectivity index (χ0) is 8.27. The lowest BCUT2D eigenvalue weighted by molar-refractivity contribution is 0.349. The van der Waals surface area contributed by atoms with Crippen molar-refractivity contribution >= 4 is 22.6 Å². The molecule has 0 bridgehead atoms. The fourth-order valence-electron chi connectivity index (χ4n) is 1.20. The first-order valence-electron chi connectivity index (χ1n) is 3.92. The summed E-state index contributed by atoms with van der Waals surface area (Å²) in [5.41, 5.74) is 0. The molecule has 0 aromatic carbocycles. The molecule has 2 heteroatoms. The standard InChI is InChI=1S/C9H13IO/c1-3-4-7(2)5-8-9(6-10)11-8/h1,7-9H,4-6H2,2H3/t7?,8-,9?/m0/s1. The molecule has 1 nitrogen and oxygen atoms in total. The first-order chi connectivity index (χ1) is 5.27. The van der Waals surface area contributed by atoms with E-state index in [1.165, 1.54) is 0 Å². The maximum Gasteiger partial charge on any atom is 0.0931 e. The highest BCUT2D eigenvalue weighted by atomic mass is 127. The molecule has 1 rings (SSSR count). The summed E-state index contributed by atoms with van der Waals surface area (Å²) in [7, 11) is 0. The van der Waals surface area contributed by atoms with Gasteiger partial charge in [-0.1, -0.05) is 29.5 Å². The van der Waals surface area contributed by atoms with Crippen LogP contribution in [0.5, 0.6) is 0 Å². The van der Waals surface area contributed by atoms with Gasteiger partial charge in [0.2, 0.25) is 0 Å². The van der Waals surface area contributed by atoms with Gasteiger partial charge in [-0.25, -0.2) is 0 Å². The van der Waals surface area contributed by atoms with Crippen LogP contribution in [0.1, 0.15) is 19.8 Å². The zero-order valence-electron chi connectivity index (χ0n) is 6.72. The van der Waals surface area contributed by atoms with E-state index in [4.69, 9.17) is 11.2 Å². The van der Waals surface area contributed by atoms with Gasteiger partial charge in [-0.2, -0.15) is 0 Å². The van der Waals surface area contributed by atoms with Crippen molar-refractivity contribution in [3.63, 3.8) is 0 Å². The largest absolute Gasteiger partial charge is 0.369 e. The summed E-state index contributed by atoms with van der Waals surface area (Å²) in [6, 6.07) is 0. The smallest absolute Gasteiger partial charge is 0.0931 e. The van der Waals surface area contributed by atoms with Crippen LogP contribution in [0.4, 0.5) is 0 Å². The summed E-state index contributed by atoms with van der Waals surface area (Å²) in [6.45, 7) is 2.19. The van der Waals surface area contributed by atoms with Crippen molar-refractivity contribution in [2.75, 3.05) is 4.43 Å². The first-order valence-corrected chi connectivity index (χ1v) is 5.45. The normalized spacial score (nSPS) is 31.0. The molecule has 2 unspecified atom stereocenters. The Balaban J connectivity index is 2.09. The molecular weight excluding hydrogens is 251 g/mol. The average molecular weight is 264 g/mol. The molecule has 0 aromatic heterocycles. The summed E-state index contributed by atoms with van der Waals surface area (Å²) in [4.78, 5) is 0. The van der Waals surface area contributed by atoms with Crippen molar-refractivity contribution in [3.05, 3.63) is 0 Å². The SMILES string of the molecule is C#CCC(C)C[C@@H]1OC1CI. The second-order valence-electron chi connectivity index (χ2n) is 3.12. The molecule has 3 atom stereocenters. The Labute approximate surface area is 82.0 Å². The molecule has 1 saturated heterocycles. The summed E-state index contributed by atoms with van der Waals surface area (Å²) in [5, 5.41) is 0. The van der Waals surface area contributed by atoms with Crippen molar-refractivity contribution < 1.29 is 4.74 Å². The third kappa shape index (κ3) is 3.00. The number of hydrogen-bond acceptors (Lipinski definition) is 1. The minimum absolute atomic E-state index is 0.509. The lowest BCUT2D eigenvalue weighted by atomic mass is 10.0. The molecule has 0 spiro atoms. The molecule has 0 aliphatic carbocycles. The van der Waals surface area contributed by atoms with Gasteiger partial charge >= 0.3 is 0 Å². The van der Waals surface area contributed by atoms with Crippen LogP contribution in [-0.4, -0.2) is 16.6 Å². The van der Waals surface area contributed by atoms with E-state index in [2.05, 4.69) is 35.4 Å². The van der Waals surface area contributed by atoms with Gasteiger partial charge in [0, 0.05) is 10.8 Å². The summed E-state index contributed by atoms with van der Waals surface area (Å²) >= 11 is 2.36. The third-order valence-electron chi connectivity index (χ3n) is 1.94. The molecule has 1 aliphatic heterocycles. The molecule has 0 N–H and O–H groups in total. The minimum Gasteiger partial charge on any atom is -0.369 e. The number of terminal acetylenes is 1. The van der Waals surface area contributed by atoms with E-state index in [0.29, 0.717) is 18.1 Å². The molecule has 0 amide bonds. The van der Waals surface area contributed by atoms with Crippen LogP contribution in [0, 0.1) is 18.3 Å². The van der Waals surface area contributed by atoms with Gasteiger partial charge in [-0.15, -0.1) is 12.3 Å². The number of alkyl halides is 1. The van der Waals surface area contributed by atoms with Gasteiger partial charge in [-0.05, 0) is 12.3 Å². The van der Waals surface area contributed by atoms with Crippen LogP contribution in [0.25, 0.3) is 0 Å². The fourth-order valence-corrected chi connectivity index (χ4v) is 1.98. The molecule has 1 heterocycles. The topological polar surface area (TPSA) is 12.5 Å². The summed E-state index contributed by atoms with van der Waals surface area (Å²) in [6.07, 6.45) is 8.25. The van der Waals surface area contributed by atoms with Crippen molar-refractivity contribution in [3.8, 4) is 12.3 Å². The molecule has 1 fully saturated rings. The van der Waals surface area contributed by atoms with Gasteiger partial charge in [-0.3, -0.25) is 0 Å². The predicted octanol–water partition coefficient (Wildman–Crippen LogP) is 2.24. The Morgan fingerprint density at radius 1 is 1.64 bits per heavy atom. The van der Waals surface area contributed by atoms with Crippen molar-refractivity contribution in [2.45, 2.75) is 32.0 Å². The van der Waals surface area contributed by atoms with Gasteiger partial charge < -0.3 is 4.74 Å². The number of hydrogen-bond donors (Lipinski definition) is 0. The van der Waals surface area contributed by atoms with E-state index in [-0.39, 0.29) is 0 Å². The van der Waals surface area contributed by atoms with Crippen LogP contribution in [0.3, 0.4) is 0 Å². The quantitative estimate of drug-likeness (QED) is 0.328. The Bertz CT molecular complexity index is 161. The molecular formula is C9H13IO. The maximum absolute atomic E-state index is 5.41. The molecule has 11 heavy (non-hydrogen) atoms. The highest BCUT2D eigenvalue weighted by Crippen LogP contribution is 2.30. The lowest BCUT2D eigenvalue weighted by Crippen LogP contribution is -2.02. The van der Waals surface area contributed by atoms with Crippen LogP contribution in [-0.2, 0) is 4.74 Å². The average Bonchev–Trinajstić information content (AvgIpc) is 2.68. The third-order valence-corrected chi connectivity index (χ3v) is 2.81. The molecule has 0 saturated carbocycles. The predicted molar refractivity (Wildman–Crippen MR) is 54.8 cm³/mol. The fraction of sp³-hybridized carbons (Fsp3) is 0.778. The van der Waals surface area contributed by atoms with Crippen molar-refractivity contribution in [2.24, 2.45) is 5.92 Å². The van der Waals surface area contributed by atoms with E-state index in [9.17, 15) is 0 Å². The Morgan fingerprint density at radius 2 is 2.36 bits per heavy atom. The van der Waals surface area contributed by atoms with Crippen molar-refractivity contribution in [1.29, 1.82) is 0 Å². The zero-order valence-corrected chi connectivity index (χ0v) is 8.87. The number of epoxide rings is 1. The molecule has 62 valence electrons. The molecule has 0 radical (unpaired) electrons. The van der Waals surface area contributed by atoms with E-state index < -0.39 is 0 Å². The molecule has 1 aliphatic rings. The molecule has 0 aromatic rings. The minimum atomic E-state index is 0.509.